The van der Waals surface area contributed by atoms with Crippen LogP contribution in [0.2, 0.25) is 5.02 Å². The maximum Gasteiger partial charge on any atom is 0.244 e. The summed E-state index contributed by atoms with van der Waals surface area (Å²) in [5.74, 6) is -0.231. The summed E-state index contributed by atoms with van der Waals surface area (Å²) in [6.07, 6.45) is 2.36. The zero-order valence-electron chi connectivity index (χ0n) is 16.5. The van der Waals surface area contributed by atoms with Crippen molar-refractivity contribution in [1.29, 1.82) is 0 Å². The summed E-state index contributed by atoms with van der Waals surface area (Å²) in [6.45, 7) is 4.14. The summed E-state index contributed by atoms with van der Waals surface area (Å²) in [5, 5.41) is 4.74. The molecule has 0 spiro atoms. The summed E-state index contributed by atoms with van der Waals surface area (Å²) in [6, 6.07) is 24.4. The van der Waals surface area contributed by atoms with Crippen LogP contribution < -0.4 is 5.43 Å². The molecule has 3 aromatic carbocycles. The van der Waals surface area contributed by atoms with E-state index in [1.165, 1.54) is 22.3 Å². The van der Waals surface area contributed by atoms with E-state index in [-0.39, 0.29) is 17.2 Å². The number of amides is 1. The maximum atomic E-state index is 12.9. The zero-order valence-corrected chi connectivity index (χ0v) is 17.3. The number of carbonyl (C=O) groups excluding carboxylic acids is 1. The summed E-state index contributed by atoms with van der Waals surface area (Å²) in [5.41, 5.74) is 7.93. The predicted molar refractivity (Wildman–Crippen MR) is 118 cm³/mol. The minimum Gasteiger partial charge on any atom is -0.273 e. The van der Waals surface area contributed by atoms with Gasteiger partial charge in [-0.25, -0.2) is 5.43 Å². The lowest BCUT2D eigenvalue weighted by molar-refractivity contribution is -0.122. The molecule has 1 unspecified atom stereocenters. The lowest BCUT2D eigenvalue weighted by Gasteiger charge is -2.19. The number of aryl methyl sites for hydroxylation is 2. The van der Waals surface area contributed by atoms with Crippen LogP contribution in [0.1, 0.15) is 34.2 Å². The van der Waals surface area contributed by atoms with Crippen LogP contribution in [0.5, 0.6) is 0 Å². The Labute approximate surface area is 176 Å². The van der Waals surface area contributed by atoms with Gasteiger partial charge in [-0.2, -0.15) is 5.10 Å². The normalized spacial score (nSPS) is 17.3. The Morgan fingerprint density at radius 1 is 0.966 bits per heavy atom. The molecule has 0 saturated heterocycles. The van der Waals surface area contributed by atoms with Crippen molar-refractivity contribution in [1.82, 2.24) is 5.43 Å². The summed E-state index contributed by atoms with van der Waals surface area (Å²) in [4.78, 5) is 12.9. The molecule has 1 atom stereocenters. The number of nitrogens with zero attached hydrogens (tertiary/aromatic N) is 1. The van der Waals surface area contributed by atoms with Crippen molar-refractivity contribution in [2.45, 2.75) is 25.7 Å². The number of nitrogens with one attached hydrogen (secondary N) is 1. The van der Waals surface area contributed by atoms with Crippen molar-refractivity contribution < 1.29 is 4.79 Å². The smallest absolute Gasteiger partial charge is 0.244 e. The van der Waals surface area contributed by atoms with Gasteiger partial charge in [-0.15, -0.1) is 0 Å². The molecule has 0 aliphatic heterocycles. The van der Waals surface area contributed by atoms with Gasteiger partial charge in [-0.1, -0.05) is 89.5 Å². The second-order valence-electron chi connectivity index (χ2n) is 7.72. The molecule has 1 N–H and O–H groups in total. The second kappa shape index (κ2) is 7.84. The van der Waals surface area contributed by atoms with Crippen LogP contribution in [0, 0.1) is 19.8 Å². The van der Waals surface area contributed by atoms with Gasteiger partial charge in [0.15, 0.2) is 0 Å². The van der Waals surface area contributed by atoms with E-state index in [4.69, 9.17) is 11.6 Å². The molecular weight excluding hydrogens is 380 g/mol. The average Bonchev–Trinajstić information content (AvgIpc) is 3.47. The van der Waals surface area contributed by atoms with Crippen molar-refractivity contribution in [2.75, 3.05) is 0 Å². The zero-order chi connectivity index (χ0) is 20.4. The molecule has 1 aliphatic rings. The second-order valence-corrected chi connectivity index (χ2v) is 8.12. The molecule has 0 aromatic heterocycles. The van der Waals surface area contributed by atoms with Gasteiger partial charge in [0.25, 0.3) is 0 Å². The fraction of sp³-hybridized carbons (Fsp3) is 0.200. The molecule has 3 nitrogen and oxygen atoms in total. The van der Waals surface area contributed by atoms with E-state index in [9.17, 15) is 4.79 Å². The number of hydrazone groups is 1. The molecule has 4 heteroatoms. The number of benzene rings is 3. The Balaban J connectivity index is 1.58. The third-order valence-electron chi connectivity index (χ3n) is 5.69. The first-order valence-corrected chi connectivity index (χ1v) is 10.1. The van der Waals surface area contributed by atoms with Gasteiger partial charge in [-0.3, -0.25) is 4.79 Å². The number of hydrogen-bond donors (Lipinski definition) is 1. The Morgan fingerprint density at radius 2 is 1.52 bits per heavy atom. The molecule has 4 rings (SSSR count). The molecule has 1 amide bonds. The molecule has 3 aromatic rings. The maximum absolute atomic E-state index is 12.9. The van der Waals surface area contributed by atoms with Gasteiger partial charge in [0.1, 0.15) is 0 Å². The lowest BCUT2D eigenvalue weighted by Crippen LogP contribution is -2.25. The Kier molecular flexibility index (Phi) is 5.25. The van der Waals surface area contributed by atoms with Crippen LogP contribution in [0.15, 0.2) is 77.9 Å². The molecule has 0 radical (unpaired) electrons. The van der Waals surface area contributed by atoms with Gasteiger partial charge in [0, 0.05) is 16.0 Å². The van der Waals surface area contributed by atoms with E-state index in [2.05, 4.69) is 72.9 Å². The third kappa shape index (κ3) is 3.83. The number of hydrogen-bond acceptors (Lipinski definition) is 2. The van der Waals surface area contributed by atoms with Gasteiger partial charge in [-0.05, 0) is 37.5 Å². The van der Waals surface area contributed by atoms with Crippen LogP contribution in [-0.2, 0) is 10.2 Å². The van der Waals surface area contributed by atoms with Crippen LogP contribution in [0.4, 0.5) is 0 Å². The molecular formula is C25H23ClN2O. The van der Waals surface area contributed by atoms with E-state index < -0.39 is 0 Å². The van der Waals surface area contributed by atoms with Crippen molar-refractivity contribution in [3.05, 3.63) is 106 Å². The topological polar surface area (TPSA) is 41.5 Å². The highest BCUT2D eigenvalue weighted by molar-refractivity contribution is 6.33. The Morgan fingerprint density at radius 3 is 2.07 bits per heavy atom. The fourth-order valence-corrected chi connectivity index (χ4v) is 4.09. The first-order chi connectivity index (χ1) is 14.0. The van der Waals surface area contributed by atoms with E-state index in [1.54, 1.807) is 12.3 Å². The highest BCUT2D eigenvalue weighted by Crippen LogP contribution is 2.59. The molecule has 29 heavy (non-hydrogen) atoms. The number of halogens is 1. The van der Waals surface area contributed by atoms with Crippen molar-refractivity contribution in [3.8, 4) is 0 Å². The lowest BCUT2D eigenvalue weighted by atomic mass is 9.85. The molecule has 1 fully saturated rings. The van der Waals surface area contributed by atoms with Crippen molar-refractivity contribution in [2.24, 2.45) is 11.0 Å². The van der Waals surface area contributed by atoms with Gasteiger partial charge < -0.3 is 0 Å². The highest BCUT2D eigenvalue weighted by Gasteiger charge is 2.60. The molecule has 0 heterocycles. The average molecular weight is 403 g/mol. The quantitative estimate of drug-likeness (QED) is 0.449. The van der Waals surface area contributed by atoms with E-state index >= 15 is 0 Å². The monoisotopic (exact) mass is 402 g/mol. The van der Waals surface area contributed by atoms with Crippen LogP contribution in [-0.4, -0.2) is 12.1 Å². The molecule has 1 saturated carbocycles. The fourth-order valence-electron chi connectivity index (χ4n) is 3.91. The standard InChI is InChI=1S/C25H23ClN2O/c1-17-7-11-20(12-8-17)25(21-13-9-18(2)10-14-21)15-22(25)24(29)28-27-16-19-5-3-4-6-23(19)26/h3-14,16,22H,15H2,1-2H3,(H,28,29)/b27-16+. The van der Waals surface area contributed by atoms with Gasteiger partial charge in [0.05, 0.1) is 12.1 Å². The summed E-state index contributed by atoms with van der Waals surface area (Å²) in [7, 11) is 0. The highest BCUT2D eigenvalue weighted by atomic mass is 35.5. The molecule has 146 valence electrons. The van der Waals surface area contributed by atoms with Crippen molar-refractivity contribution in [3.63, 3.8) is 0 Å². The molecule has 0 bridgehead atoms. The van der Waals surface area contributed by atoms with Gasteiger partial charge >= 0.3 is 0 Å². The summed E-state index contributed by atoms with van der Waals surface area (Å²) >= 11 is 6.14. The number of rotatable bonds is 5. The van der Waals surface area contributed by atoms with Crippen LogP contribution >= 0.6 is 11.6 Å². The predicted octanol–water partition coefficient (Wildman–Crippen LogP) is 5.41. The van der Waals surface area contributed by atoms with E-state index in [0.717, 1.165) is 12.0 Å². The van der Waals surface area contributed by atoms with E-state index in [0.29, 0.717) is 5.02 Å². The first-order valence-electron chi connectivity index (χ1n) is 9.72. The number of carbonyl (C=O) groups is 1. The summed E-state index contributed by atoms with van der Waals surface area (Å²) < 4.78 is 0. The minimum absolute atomic E-state index is 0.0746. The Hall–Kier alpha value is -2.91. The Bertz CT molecular complexity index is 1010. The van der Waals surface area contributed by atoms with Crippen molar-refractivity contribution >= 4 is 23.7 Å². The van der Waals surface area contributed by atoms with Gasteiger partial charge in [0.2, 0.25) is 5.91 Å². The minimum atomic E-state index is -0.300. The largest absolute Gasteiger partial charge is 0.273 e. The third-order valence-corrected chi connectivity index (χ3v) is 6.04. The first kappa shape index (κ1) is 19.4. The van der Waals surface area contributed by atoms with E-state index in [1.807, 2.05) is 18.2 Å². The van der Waals surface area contributed by atoms with Crippen LogP contribution in [0.25, 0.3) is 0 Å². The SMILES string of the molecule is Cc1ccc(C2(c3ccc(C)cc3)CC2C(=O)N/N=C/c2ccccc2Cl)cc1. The molecule has 1 aliphatic carbocycles. The van der Waals surface area contributed by atoms with Crippen LogP contribution in [0.3, 0.4) is 0 Å².